The van der Waals surface area contributed by atoms with Crippen molar-refractivity contribution in [1.82, 2.24) is 19.4 Å². The van der Waals surface area contributed by atoms with Crippen molar-refractivity contribution in [2.75, 3.05) is 25.0 Å². The summed E-state index contributed by atoms with van der Waals surface area (Å²) in [5.74, 6) is -0.112. The van der Waals surface area contributed by atoms with Crippen LogP contribution < -0.4 is 10.6 Å². The number of nitrogens with two attached hydrogens (primary N) is 1. The van der Waals surface area contributed by atoms with Crippen LogP contribution >= 0.6 is 0 Å². The molecule has 0 aliphatic carbocycles. The highest BCUT2D eigenvalue weighted by molar-refractivity contribution is 5.97. The number of anilines is 1. The molecule has 8 nitrogen and oxygen atoms in total. The van der Waals surface area contributed by atoms with Crippen molar-refractivity contribution in [2.24, 2.45) is 5.73 Å². The average molecular weight is 503 g/mol. The summed E-state index contributed by atoms with van der Waals surface area (Å²) in [5.41, 5.74) is 5.93. The van der Waals surface area contributed by atoms with Gasteiger partial charge in [-0.15, -0.1) is 0 Å². The van der Waals surface area contributed by atoms with Crippen LogP contribution in [0.1, 0.15) is 48.0 Å². The number of amides is 2. The molecule has 0 spiro atoms. The van der Waals surface area contributed by atoms with E-state index in [0.717, 1.165) is 42.7 Å². The predicted octanol–water partition coefficient (Wildman–Crippen LogP) is 3.85. The highest BCUT2D eigenvalue weighted by Crippen LogP contribution is 2.29. The molecular formula is C25H29F3N6O2. The summed E-state index contributed by atoms with van der Waals surface area (Å²) < 4.78 is 40.2. The van der Waals surface area contributed by atoms with Crippen molar-refractivity contribution in [3.8, 4) is 0 Å². The molecule has 0 saturated carbocycles. The fourth-order valence-corrected chi connectivity index (χ4v) is 4.55. The molecule has 1 aliphatic rings. The van der Waals surface area contributed by atoms with Gasteiger partial charge in [0.15, 0.2) is 0 Å². The van der Waals surface area contributed by atoms with E-state index in [1.54, 1.807) is 17.0 Å². The Hall–Kier alpha value is -3.63. The van der Waals surface area contributed by atoms with Gasteiger partial charge in [-0.25, -0.2) is 9.97 Å². The van der Waals surface area contributed by atoms with Crippen molar-refractivity contribution in [2.45, 2.75) is 50.9 Å². The number of hydrogen-bond donors (Lipinski definition) is 1. The van der Waals surface area contributed by atoms with E-state index in [9.17, 15) is 22.8 Å². The van der Waals surface area contributed by atoms with Gasteiger partial charge in [0.05, 0.1) is 5.56 Å². The lowest BCUT2D eigenvalue weighted by Crippen LogP contribution is -2.46. The maximum atomic E-state index is 12.7. The minimum absolute atomic E-state index is 0.0730. The Bertz CT molecular complexity index is 1220. The molecule has 192 valence electrons. The second kappa shape index (κ2) is 10.5. The monoisotopic (exact) mass is 502 g/mol. The van der Waals surface area contributed by atoms with E-state index in [-0.39, 0.29) is 17.9 Å². The Balaban J connectivity index is 1.22. The normalized spacial score (nSPS) is 14.8. The van der Waals surface area contributed by atoms with Crippen molar-refractivity contribution in [1.29, 1.82) is 0 Å². The van der Waals surface area contributed by atoms with Crippen molar-refractivity contribution < 1.29 is 22.8 Å². The molecule has 36 heavy (non-hydrogen) atoms. The molecule has 4 rings (SSSR count). The third-order valence-corrected chi connectivity index (χ3v) is 6.75. The minimum Gasteiger partial charge on any atom is -0.366 e. The maximum absolute atomic E-state index is 12.7. The summed E-state index contributed by atoms with van der Waals surface area (Å²) in [6, 6.07) is 7.44. The third kappa shape index (κ3) is 5.77. The van der Waals surface area contributed by atoms with Gasteiger partial charge in [0.1, 0.15) is 0 Å². The molecular weight excluding hydrogens is 473 g/mol. The quantitative estimate of drug-likeness (QED) is 0.472. The zero-order valence-corrected chi connectivity index (χ0v) is 20.0. The lowest BCUT2D eigenvalue weighted by atomic mass is 10.0. The molecule has 3 heterocycles. The molecule has 1 saturated heterocycles. The van der Waals surface area contributed by atoms with E-state index in [2.05, 4.69) is 14.5 Å². The topological polar surface area (TPSA) is 97.4 Å². The smallest absolute Gasteiger partial charge is 0.366 e. The molecule has 2 aromatic heterocycles. The van der Waals surface area contributed by atoms with E-state index >= 15 is 0 Å². The van der Waals surface area contributed by atoms with Gasteiger partial charge >= 0.3 is 6.18 Å². The summed E-state index contributed by atoms with van der Waals surface area (Å²) in [5, 5.41) is 1.03. The Morgan fingerprint density at radius 1 is 1.11 bits per heavy atom. The number of aryl methyl sites for hydroxylation is 1. The summed E-state index contributed by atoms with van der Waals surface area (Å²) >= 11 is 0. The van der Waals surface area contributed by atoms with Gasteiger partial charge in [0.2, 0.25) is 17.8 Å². The van der Waals surface area contributed by atoms with Crippen molar-refractivity contribution in [3.63, 3.8) is 0 Å². The first-order valence-corrected chi connectivity index (χ1v) is 11.9. The van der Waals surface area contributed by atoms with Gasteiger partial charge < -0.3 is 20.1 Å². The first kappa shape index (κ1) is 25.5. The molecule has 2 N–H and O–H groups in total. The first-order valence-electron chi connectivity index (χ1n) is 11.9. The lowest BCUT2D eigenvalue weighted by molar-refractivity contribution is -0.138. The van der Waals surface area contributed by atoms with Crippen molar-refractivity contribution >= 4 is 28.7 Å². The molecule has 3 aromatic rings. The molecule has 0 atom stereocenters. The summed E-state index contributed by atoms with van der Waals surface area (Å²) in [6.45, 7) is 1.87. The number of piperidine rings is 1. The number of benzene rings is 1. The number of primary amides is 1. The number of rotatable bonds is 8. The number of alkyl halides is 3. The maximum Gasteiger partial charge on any atom is 0.419 e. The van der Waals surface area contributed by atoms with Gasteiger partial charge in [0.25, 0.3) is 0 Å². The van der Waals surface area contributed by atoms with E-state index in [1.807, 2.05) is 30.3 Å². The predicted molar refractivity (Wildman–Crippen MR) is 129 cm³/mol. The highest BCUT2D eigenvalue weighted by Gasteiger charge is 2.32. The number of unbranched alkanes of at least 4 members (excludes halogenated alkanes) is 1. The summed E-state index contributed by atoms with van der Waals surface area (Å²) in [7, 11) is 1.81. The molecule has 1 fully saturated rings. The fraction of sp³-hybridized carbons (Fsp3) is 0.440. The number of carbonyl (C=O) groups excluding carboxylic acids is 2. The van der Waals surface area contributed by atoms with Gasteiger partial charge in [0, 0.05) is 68.8 Å². The van der Waals surface area contributed by atoms with Crippen LogP contribution in [-0.2, 0) is 17.5 Å². The molecule has 1 aliphatic heterocycles. The van der Waals surface area contributed by atoms with Crippen LogP contribution in [0.25, 0.3) is 10.9 Å². The zero-order chi connectivity index (χ0) is 25.9. The van der Waals surface area contributed by atoms with Crippen LogP contribution in [0.3, 0.4) is 0 Å². The number of fused-ring (bicyclic) bond motifs is 1. The van der Waals surface area contributed by atoms with Crippen LogP contribution in [-0.4, -0.2) is 57.4 Å². The van der Waals surface area contributed by atoms with Crippen LogP contribution in [0.15, 0.2) is 42.9 Å². The Labute approximate surface area is 206 Å². The second-order valence-electron chi connectivity index (χ2n) is 9.10. The minimum atomic E-state index is -4.46. The first-order chi connectivity index (χ1) is 17.1. The van der Waals surface area contributed by atoms with Crippen LogP contribution in [0.4, 0.5) is 19.1 Å². The van der Waals surface area contributed by atoms with E-state index in [4.69, 9.17) is 5.73 Å². The van der Waals surface area contributed by atoms with Gasteiger partial charge in [-0.2, -0.15) is 13.2 Å². The van der Waals surface area contributed by atoms with Gasteiger partial charge in [-0.1, -0.05) is 6.07 Å². The van der Waals surface area contributed by atoms with Crippen molar-refractivity contribution in [3.05, 3.63) is 54.0 Å². The van der Waals surface area contributed by atoms with E-state index in [0.29, 0.717) is 37.9 Å². The Kier molecular flexibility index (Phi) is 7.46. The standard InChI is InChI=1S/C25H29F3N6O2/c1-32(20-8-12-34(13-9-20)24-30-15-19(16-31-24)25(26,27)28)22(35)4-2-3-10-33-11-7-17-5-6-18(23(29)36)14-21(17)33/h5-7,11,14-16,20H,2-4,8-10,12-13H2,1H3,(H2,29,36). The molecule has 0 unspecified atom stereocenters. The molecule has 11 heteroatoms. The lowest BCUT2D eigenvalue weighted by Gasteiger charge is -2.36. The van der Waals surface area contributed by atoms with Gasteiger partial charge in [-0.3, -0.25) is 9.59 Å². The molecule has 2 amide bonds. The van der Waals surface area contributed by atoms with Crippen LogP contribution in [0.5, 0.6) is 0 Å². The Morgan fingerprint density at radius 2 is 1.81 bits per heavy atom. The fourth-order valence-electron chi connectivity index (χ4n) is 4.55. The largest absolute Gasteiger partial charge is 0.419 e. The SMILES string of the molecule is CN(C(=O)CCCCn1ccc2ccc(C(N)=O)cc21)C1CCN(c2ncc(C(F)(F)F)cn2)CC1. The van der Waals surface area contributed by atoms with Crippen LogP contribution in [0.2, 0.25) is 0 Å². The van der Waals surface area contributed by atoms with E-state index in [1.165, 1.54) is 0 Å². The van der Waals surface area contributed by atoms with Crippen LogP contribution in [0, 0.1) is 0 Å². The second-order valence-corrected chi connectivity index (χ2v) is 9.10. The van der Waals surface area contributed by atoms with E-state index < -0.39 is 17.6 Å². The summed E-state index contributed by atoms with van der Waals surface area (Å²) in [6.07, 6.45) is 2.49. The number of hydrogen-bond acceptors (Lipinski definition) is 5. The number of halogens is 3. The number of nitrogens with zero attached hydrogens (tertiary/aromatic N) is 5. The zero-order valence-electron chi connectivity index (χ0n) is 20.0. The number of aromatic nitrogens is 3. The highest BCUT2D eigenvalue weighted by atomic mass is 19.4. The third-order valence-electron chi connectivity index (χ3n) is 6.75. The average Bonchev–Trinajstić information content (AvgIpc) is 3.28. The summed E-state index contributed by atoms with van der Waals surface area (Å²) in [4.78, 5) is 35.6. The molecule has 1 aromatic carbocycles. The van der Waals surface area contributed by atoms with Gasteiger partial charge in [-0.05, 0) is 49.3 Å². The number of carbonyl (C=O) groups is 2. The molecule has 0 radical (unpaired) electrons. The Morgan fingerprint density at radius 3 is 2.44 bits per heavy atom. The molecule has 0 bridgehead atoms.